The van der Waals surface area contributed by atoms with Crippen LogP contribution in [0, 0.1) is 0 Å². The summed E-state index contributed by atoms with van der Waals surface area (Å²) in [4.78, 5) is 31.1. The number of rotatable bonds is 4. The van der Waals surface area contributed by atoms with Gasteiger partial charge in [0.1, 0.15) is 23.5 Å². The minimum atomic E-state index is -0.530. The molecule has 31 heavy (non-hydrogen) atoms. The van der Waals surface area contributed by atoms with Crippen LogP contribution in [0.15, 0.2) is 36.9 Å². The Morgan fingerprint density at radius 3 is 2.87 bits per heavy atom. The van der Waals surface area contributed by atoms with Gasteiger partial charge >= 0.3 is 6.09 Å². The number of likely N-dealkylation sites (tertiary alicyclic amines) is 1. The van der Waals surface area contributed by atoms with Crippen molar-refractivity contribution in [3.05, 3.63) is 41.9 Å². The van der Waals surface area contributed by atoms with Crippen LogP contribution in [-0.4, -0.2) is 55.7 Å². The van der Waals surface area contributed by atoms with E-state index in [4.69, 9.17) is 21.1 Å². The molecule has 1 N–H and O–H groups in total. The first kappa shape index (κ1) is 21.0. The standard InChI is InChI=1S/C21H23ClN6O3/c1-21(2,3)31-20(29)28-7-6-15(11-28)30-17-5-4-16-18(27-17)19(25-12-24-16)26-14-8-13(22)9-23-10-14/h4-5,8-10,12,15H,6-7,11H2,1-3H3,(H,24,25,26)/t15-/m0/s1. The van der Waals surface area contributed by atoms with Gasteiger partial charge in [0.2, 0.25) is 5.88 Å². The Kier molecular flexibility index (Phi) is 5.77. The number of nitrogens with zero attached hydrogens (tertiary/aromatic N) is 5. The fourth-order valence-electron chi connectivity index (χ4n) is 3.18. The van der Waals surface area contributed by atoms with Gasteiger partial charge in [-0.3, -0.25) is 4.98 Å². The third-order valence-electron chi connectivity index (χ3n) is 4.51. The first-order chi connectivity index (χ1) is 14.8. The lowest BCUT2D eigenvalue weighted by atomic mass is 10.2. The Bertz CT molecular complexity index is 1100. The number of amides is 1. The fourth-order valence-corrected chi connectivity index (χ4v) is 3.36. The number of aromatic nitrogens is 4. The number of fused-ring (bicyclic) bond motifs is 1. The maximum Gasteiger partial charge on any atom is 0.410 e. The van der Waals surface area contributed by atoms with Crippen LogP contribution in [0.5, 0.6) is 5.88 Å². The molecule has 3 aromatic heterocycles. The van der Waals surface area contributed by atoms with Crippen LogP contribution in [0.25, 0.3) is 11.0 Å². The lowest BCUT2D eigenvalue weighted by Gasteiger charge is -2.24. The highest BCUT2D eigenvalue weighted by Crippen LogP contribution is 2.26. The molecule has 1 aliphatic heterocycles. The van der Waals surface area contributed by atoms with E-state index in [1.54, 1.807) is 29.4 Å². The molecule has 10 heteroatoms. The number of halogens is 1. The minimum Gasteiger partial charge on any atom is -0.472 e. The molecule has 1 saturated heterocycles. The van der Waals surface area contributed by atoms with Crippen molar-refractivity contribution in [1.82, 2.24) is 24.8 Å². The second-order valence-electron chi connectivity index (χ2n) is 8.21. The number of anilines is 2. The average Bonchev–Trinajstić information content (AvgIpc) is 3.16. The SMILES string of the molecule is CC(C)(C)OC(=O)N1CC[C@H](Oc2ccc3ncnc(Nc4cncc(Cl)c4)c3n2)C1. The van der Waals surface area contributed by atoms with Gasteiger partial charge in [0.15, 0.2) is 5.82 Å². The predicted octanol–water partition coefficient (Wildman–Crippen LogP) is 4.21. The summed E-state index contributed by atoms with van der Waals surface area (Å²) in [5.74, 6) is 0.951. The van der Waals surface area contributed by atoms with Gasteiger partial charge in [-0.15, -0.1) is 0 Å². The molecular formula is C21H23ClN6O3. The summed E-state index contributed by atoms with van der Waals surface area (Å²) in [6.07, 6.45) is 4.85. The van der Waals surface area contributed by atoms with E-state index in [-0.39, 0.29) is 12.2 Å². The smallest absolute Gasteiger partial charge is 0.410 e. The number of hydrogen-bond donors (Lipinski definition) is 1. The van der Waals surface area contributed by atoms with Crippen molar-refractivity contribution < 1.29 is 14.3 Å². The van der Waals surface area contributed by atoms with Gasteiger partial charge in [0.05, 0.1) is 29.0 Å². The summed E-state index contributed by atoms with van der Waals surface area (Å²) >= 11 is 6.01. The van der Waals surface area contributed by atoms with Gasteiger partial charge in [0, 0.05) is 25.2 Å². The average molecular weight is 443 g/mol. The molecule has 1 fully saturated rings. The van der Waals surface area contributed by atoms with Crippen LogP contribution in [0.4, 0.5) is 16.3 Å². The van der Waals surface area contributed by atoms with Crippen molar-refractivity contribution in [2.75, 3.05) is 18.4 Å². The van der Waals surface area contributed by atoms with E-state index in [0.29, 0.717) is 53.0 Å². The highest BCUT2D eigenvalue weighted by atomic mass is 35.5. The zero-order valence-corrected chi connectivity index (χ0v) is 18.3. The van der Waals surface area contributed by atoms with E-state index in [0.717, 1.165) is 0 Å². The first-order valence-electron chi connectivity index (χ1n) is 9.91. The van der Waals surface area contributed by atoms with E-state index < -0.39 is 5.60 Å². The molecule has 0 radical (unpaired) electrons. The van der Waals surface area contributed by atoms with Crippen LogP contribution in [-0.2, 0) is 4.74 Å². The number of carbonyl (C=O) groups is 1. The van der Waals surface area contributed by atoms with Crippen LogP contribution in [0.2, 0.25) is 5.02 Å². The molecule has 0 unspecified atom stereocenters. The summed E-state index contributed by atoms with van der Waals surface area (Å²) in [6.45, 7) is 6.56. The first-order valence-corrected chi connectivity index (χ1v) is 10.3. The quantitative estimate of drug-likeness (QED) is 0.641. The molecule has 1 atom stereocenters. The second kappa shape index (κ2) is 8.50. The van der Waals surface area contributed by atoms with Crippen LogP contribution < -0.4 is 10.1 Å². The van der Waals surface area contributed by atoms with Crippen LogP contribution in [0.3, 0.4) is 0 Å². The Morgan fingerprint density at radius 2 is 2.10 bits per heavy atom. The molecule has 1 aliphatic rings. The summed E-state index contributed by atoms with van der Waals surface area (Å²) in [5.41, 5.74) is 1.38. The van der Waals surface area contributed by atoms with Gasteiger partial charge in [-0.1, -0.05) is 11.6 Å². The van der Waals surface area contributed by atoms with Crippen LogP contribution >= 0.6 is 11.6 Å². The van der Waals surface area contributed by atoms with Crippen LogP contribution in [0.1, 0.15) is 27.2 Å². The Labute approximate surface area is 184 Å². The molecule has 0 aromatic carbocycles. The number of ether oxygens (including phenoxy) is 2. The van der Waals surface area contributed by atoms with E-state index in [1.165, 1.54) is 6.33 Å². The van der Waals surface area contributed by atoms with Crippen molar-refractivity contribution in [2.24, 2.45) is 0 Å². The Hall–Kier alpha value is -3.20. The molecule has 162 valence electrons. The molecule has 4 heterocycles. The highest BCUT2D eigenvalue weighted by Gasteiger charge is 2.31. The number of pyridine rings is 2. The molecule has 9 nitrogen and oxygen atoms in total. The third-order valence-corrected chi connectivity index (χ3v) is 4.71. The third kappa shape index (κ3) is 5.29. The summed E-state index contributed by atoms with van der Waals surface area (Å²) in [7, 11) is 0. The van der Waals surface area contributed by atoms with Gasteiger partial charge in [-0.2, -0.15) is 0 Å². The summed E-state index contributed by atoms with van der Waals surface area (Å²) in [6, 6.07) is 5.32. The molecule has 0 bridgehead atoms. The number of hydrogen-bond acceptors (Lipinski definition) is 8. The van der Waals surface area contributed by atoms with Gasteiger partial charge in [0.25, 0.3) is 0 Å². The van der Waals surface area contributed by atoms with Gasteiger partial charge in [-0.05, 0) is 32.9 Å². The topological polar surface area (TPSA) is 102 Å². The largest absolute Gasteiger partial charge is 0.472 e. The van der Waals surface area contributed by atoms with E-state index in [9.17, 15) is 4.79 Å². The number of nitrogens with one attached hydrogen (secondary N) is 1. The van der Waals surface area contributed by atoms with E-state index in [2.05, 4.69) is 25.3 Å². The Morgan fingerprint density at radius 1 is 1.26 bits per heavy atom. The summed E-state index contributed by atoms with van der Waals surface area (Å²) < 4.78 is 11.5. The normalized spacial score (nSPS) is 16.4. The van der Waals surface area contributed by atoms with E-state index in [1.807, 2.05) is 26.8 Å². The molecule has 4 rings (SSSR count). The van der Waals surface area contributed by atoms with Crippen molar-refractivity contribution >= 4 is 40.2 Å². The highest BCUT2D eigenvalue weighted by molar-refractivity contribution is 6.30. The molecule has 3 aromatic rings. The lowest BCUT2D eigenvalue weighted by Crippen LogP contribution is -2.36. The van der Waals surface area contributed by atoms with Gasteiger partial charge in [-0.25, -0.2) is 19.7 Å². The molecule has 0 saturated carbocycles. The zero-order chi connectivity index (χ0) is 22.0. The molecule has 0 spiro atoms. The van der Waals surface area contributed by atoms with Gasteiger partial charge < -0.3 is 19.7 Å². The van der Waals surface area contributed by atoms with E-state index >= 15 is 0 Å². The Balaban J connectivity index is 1.49. The maximum atomic E-state index is 12.3. The second-order valence-corrected chi connectivity index (χ2v) is 8.65. The predicted molar refractivity (Wildman–Crippen MR) is 117 cm³/mol. The molecule has 1 amide bonds. The lowest BCUT2D eigenvalue weighted by molar-refractivity contribution is 0.0275. The fraction of sp³-hybridized carbons (Fsp3) is 0.381. The zero-order valence-electron chi connectivity index (χ0n) is 17.5. The maximum absolute atomic E-state index is 12.3. The van der Waals surface area contributed by atoms with Crippen molar-refractivity contribution in [1.29, 1.82) is 0 Å². The number of carbonyl (C=O) groups excluding carboxylic acids is 1. The monoisotopic (exact) mass is 442 g/mol. The van der Waals surface area contributed by atoms with Crippen molar-refractivity contribution in [3.63, 3.8) is 0 Å². The van der Waals surface area contributed by atoms with Crippen molar-refractivity contribution in [2.45, 2.75) is 38.9 Å². The minimum absolute atomic E-state index is 0.171. The van der Waals surface area contributed by atoms with Crippen molar-refractivity contribution in [3.8, 4) is 5.88 Å². The summed E-state index contributed by atoms with van der Waals surface area (Å²) in [5, 5.41) is 3.68. The molecular weight excluding hydrogens is 420 g/mol. The molecule has 0 aliphatic carbocycles.